The molecule has 0 aliphatic heterocycles. The molecule has 1 nitrogen and oxygen atoms in total. The van der Waals surface area contributed by atoms with E-state index in [9.17, 15) is 0 Å². The smallest absolute Gasteiger partial charge is 0.0965 e. The van der Waals surface area contributed by atoms with E-state index in [1.165, 1.54) is 5.57 Å². The van der Waals surface area contributed by atoms with Gasteiger partial charge >= 0.3 is 0 Å². The quantitative estimate of drug-likeness (QED) is 0.611. The fourth-order valence-electron chi connectivity index (χ4n) is 1.13. The van der Waals surface area contributed by atoms with Crippen LogP contribution in [0.25, 0.3) is 0 Å². The van der Waals surface area contributed by atoms with Crippen molar-refractivity contribution >= 4 is 0 Å². The predicted octanol–water partition coefficient (Wildman–Crippen LogP) is 3.67. The summed E-state index contributed by atoms with van der Waals surface area (Å²) in [6.45, 7) is 8.92. The van der Waals surface area contributed by atoms with Crippen molar-refractivity contribution in [2.75, 3.05) is 6.61 Å². The van der Waals surface area contributed by atoms with Crippen molar-refractivity contribution in [1.29, 1.82) is 0 Å². The summed E-state index contributed by atoms with van der Waals surface area (Å²) in [4.78, 5) is 0. The third kappa shape index (κ3) is 4.22. The van der Waals surface area contributed by atoms with E-state index in [0.717, 1.165) is 25.2 Å². The molecule has 70 valence electrons. The van der Waals surface area contributed by atoms with Gasteiger partial charge in [-0.25, -0.2) is 0 Å². The lowest BCUT2D eigenvalue weighted by Gasteiger charge is -2.11. The molecule has 0 radical (unpaired) electrons. The third-order valence-corrected chi connectivity index (χ3v) is 1.58. The molecule has 12 heavy (non-hydrogen) atoms. The second kappa shape index (κ2) is 6.96. The zero-order valence-corrected chi connectivity index (χ0v) is 8.68. The van der Waals surface area contributed by atoms with Gasteiger partial charge in [-0.05, 0) is 26.3 Å². The molecule has 0 aromatic heterocycles. The maximum absolute atomic E-state index is 5.37. The third-order valence-electron chi connectivity index (χ3n) is 1.58. The van der Waals surface area contributed by atoms with E-state index in [-0.39, 0.29) is 0 Å². The highest BCUT2D eigenvalue weighted by Crippen LogP contribution is 2.17. The summed E-state index contributed by atoms with van der Waals surface area (Å²) in [6, 6.07) is 0. The van der Waals surface area contributed by atoms with E-state index >= 15 is 0 Å². The van der Waals surface area contributed by atoms with Gasteiger partial charge in [0.1, 0.15) is 0 Å². The SMILES string of the molecule is CC.CCOC1=CC(C)=CCC1. The Balaban J connectivity index is 0.000000561. The van der Waals surface area contributed by atoms with E-state index in [0.29, 0.717) is 0 Å². The van der Waals surface area contributed by atoms with Crippen LogP contribution in [0.3, 0.4) is 0 Å². The molecule has 1 aliphatic rings. The Labute approximate surface area is 76.1 Å². The van der Waals surface area contributed by atoms with Crippen molar-refractivity contribution in [2.24, 2.45) is 0 Å². The first-order chi connectivity index (χ1) is 5.83. The highest BCUT2D eigenvalue weighted by Gasteiger charge is 2.01. The van der Waals surface area contributed by atoms with Crippen LogP contribution < -0.4 is 0 Å². The molecule has 1 rings (SSSR count). The minimum absolute atomic E-state index is 0.791. The van der Waals surface area contributed by atoms with Crippen molar-refractivity contribution in [3.05, 3.63) is 23.5 Å². The van der Waals surface area contributed by atoms with Crippen LogP contribution in [0.4, 0.5) is 0 Å². The number of hydrogen-bond acceptors (Lipinski definition) is 1. The van der Waals surface area contributed by atoms with Crippen LogP contribution >= 0.6 is 0 Å². The Morgan fingerprint density at radius 3 is 2.58 bits per heavy atom. The van der Waals surface area contributed by atoms with Gasteiger partial charge in [-0.1, -0.05) is 25.5 Å². The minimum Gasteiger partial charge on any atom is -0.498 e. The maximum atomic E-state index is 5.37. The topological polar surface area (TPSA) is 9.23 Å². The molecule has 0 fully saturated rings. The monoisotopic (exact) mass is 168 g/mol. The van der Waals surface area contributed by atoms with Crippen LogP contribution in [-0.2, 0) is 4.74 Å². The van der Waals surface area contributed by atoms with Gasteiger partial charge in [-0.3, -0.25) is 0 Å². The van der Waals surface area contributed by atoms with Gasteiger partial charge in [0, 0.05) is 6.42 Å². The van der Waals surface area contributed by atoms with Crippen molar-refractivity contribution in [1.82, 2.24) is 0 Å². The molecule has 0 saturated heterocycles. The molecular formula is C11H20O. The van der Waals surface area contributed by atoms with Gasteiger partial charge in [-0.15, -0.1) is 0 Å². The molecule has 0 unspecified atom stereocenters. The first-order valence-electron chi connectivity index (χ1n) is 4.83. The Kier molecular flexibility index (Phi) is 6.54. The molecule has 0 aromatic carbocycles. The molecule has 0 N–H and O–H groups in total. The molecule has 0 aromatic rings. The molecule has 1 aliphatic carbocycles. The average Bonchev–Trinajstić information content (AvgIpc) is 2.09. The lowest BCUT2D eigenvalue weighted by Crippen LogP contribution is -1.95. The molecule has 0 bridgehead atoms. The average molecular weight is 168 g/mol. The van der Waals surface area contributed by atoms with Gasteiger partial charge in [0.05, 0.1) is 12.4 Å². The highest BCUT2D eigenvalue weighted by molar-refractivity contribution is 5.22. The summed E-state index contributed by atoms with van der Waals surface area (Å²) >= 11 is 0. The number of hydrogen-bond donors (Lipinski definition) is 0. The van der Waals surface area contributed by atoms with E-state index in [4.69, 9.17) is 4.74 Å². The maximum Gasteiger partial charge on any atom is 0.0965 e. The van der Waals surface area contributed by atoms with Crippen LogP contribution in [0.15, 0.2) is 23.5 Å². The summed E-state index contributed by atoms with van der Waals surface area (Å²) in [5, 5.41) is 0. The van der Waals surface area contributed by atoms with Crippen molar-refractivity contribution in [3.8, 4) is 0 Å². The minimum atomic E-state index is 0.791. The van der Waals surface area contributed by atoms with Gasteiger partial charge in [0.15, 0.2) is 0 Å². The molecule has 0 amide bonds. The Hall–Kier alpha value is -0.720. The second-order valence-corrected chi connectivity index (χ2v) is 2.53. The first kappa shape index (κ1) is 11.3. The molecule has 1 heteroatoms. The van der Waals surface area contributed by atoms with Crippen LogP contribution in [-0.4, -0.2) is 6.61 Å². The van der Waals surface area contributed by atoms with Crippen LogP contribution in [0, 0.1) is 0 Å². The van der Waals surface area contributed by atoms with E-state index < -0.39 is 0 Å². The van der Waals surface area contributed by atoms with Gasteiger partial charge in [0.2, 0.25) is 0 Å². The number of allylic oxidation sites excluding steroid dienone is 4. The molecule has 0 heterocycles. The fourth-order valence-corrected chi connectivity index (χ4v) is 1.13. The van der Waals surface area contributed by atoms with Crippen LogP contribution in [0.2, 0.25) is 0 Å². The Bertz CT molecular complexity index is 166. The number of ether oxygens (including phenoxy) is 1. The summed E-state index contributed by atoms with van der Waals surface area (Å²) in [5.41, 5.74) is 1.33. The summed E-state index contributed by atoms with van der Waals surface area (Å²) in [5.74, 6) is 1.14. The van der Waals surface area contributed by atoms with Gasteiger partial charge < -0.3 is 4.74 Å². The van der Waals surface area contributed by atoms with Crippen molar-refractivity contribution < 1.29 is 4.74 Å². The van der Waals surface area contributed by atoms with E-state index in [1.807, 2.05) is 20.8 Å². The lowest BCUT2D eigenvalue weighted by atomic mass is 10.1. The lowest BCUT2D eigenvalue weighted by molar-refractivity contribution is 0.217. The van der Waals surface area contributed by atoms with Crippen molar-refractivity contribution in [3.63, 3.8) is 0 Å². The van der Waals surface area contributed by atoms with Gasteiger partial charge in [0.25, 0.3) is 0 Å². The standard InChI is InChI=1S/C9H14O.C2H6/c1-3-10-9-6-4-5-8(2)7-9;1-2/h5,7H,3-4,6H2,1-2H3;1-2H3. The summed E-state index contributed by atoms with van der Waals surface area (Å²) in [7, 11) is 0. The zero-order chi connectivity index (χ0) is 9.40. The van der Waals surface area contributed by atoms with E-state index in [2.05, 4.69) is 19.1 Å². The second-order valence-electron chi connectivity index (χ2n) is 2.53. The Morgan fingerprint density at radius 1 is 1.42 bits per heavy atom. The molecular weight excluding hydrogens is 148 g/mol. The number of rotatable bonds is 2. The molecule has 0 atom stereocenters. The summed E-state index contributed by atoms with van der Waals surface area (Å²) in [6.07, 6.45) is 6.57. The highest BCUT2D eigenvalue weighted by atomic mass is 16.5. The first-order valence-corrected chi connectivity index (χ1v) is 4.83. The summed E-state index contributed by atoms with van der Waals surface area (Å²) < 4.78 is 5.37. The van der Waals surface area contributed by atoms with Crippen LogP contribution in [0.1, 0.15) is 40.5 Å². The molecule has 0 spiro atoms. The fraction of sp³-hybridized carbons (Fsp3) is 0.636. The normalized spacial score (nSPS) is 15.3. The van der Waals surface area contributed by atoms with E-state index in [1.54, 1.807) is 0 Å². The zero-order valence-electron chi connectivity index (χ0n) is 8.68. The largest absolute Gasteiger partial charge is 0.498 e. The van der Waals surface area contributed by atoms with Crippen LogP contribution in [0.5, 0.6) is 0 Å². The van der Waals surface area contributed by atoms with Crippen molar-refractivity contribution in [2.45, 2.75) is 40.5 Å². The van der Waals surface area contributed by atoms with Gasteiger partial charge in [-0.2, -0.15) is 0 Å². The molecule has 0 saturated carbocycles. The predicted molar refractivity (Wildman–Crippen MR) is 54.0 cm³/mol. The Morgan fingerprint density at radius 2 is 2.08 bits per heavy atom.